The maximum Gasteiger partial charge on any atom is 0.173 e. The van der Waals surface area contributed by atoms with Gasteiger partial charge < -0.3 is 9.63 Å². The Morgan fingerprint density at radius 2 is 1.91 bits per heavy atom. The van der Waals surface area contributed by atoms with Gasteiger partial charge in [0.2, 0.25) is 0 Å². The van der Waals surface area contributed by atoms with Gasteiger partial charge in [-0.2, -0.15) is 0 Å². The Balaban J connectivity index is 2.13. The first-order valence-electron chi connectivity index (χ1n) is 6.41. The maximum absolute atomic E-state index is 13.2. The van der Waals surface area contributed by atoms with Crippen molar-refractivity contribution in [2.75, 3.05) is 0 Å². The zero-order valence-corrected chi connectivity index (χ0v) is 13.5. The summed E-state index contributed by atoms with van der Waals surface area (Å²) in [4.78, 5) is 0. The molecular weight excluding hydrogens is 373 g/mol. The van der Waals surface area contributed by atoms with E-state index in [1.807, 2.05) is 24.3 Å². The number of aliphatic hydroxyl groups is 1. The predicted molar refractivity (Wildman–Crippen MR) is 86.0 cm³/mol. The lowest BCUT2D eigenvalue weighted by Gasteiger charge is -2.03. The summed E-state index contributed by atoms with van der Waals surface area (Å²) in [5, 5.41) is 13.9. The lowest BCUT2D eigenvalue weighted by Crippen LogP contribution is -1.90. The van der Waals surface area contributed by atoms with Gasteiger partial charge in [0.05, 0.1) is 17.2 Å². The van der Waals surface area contributed by atoms with E-state index < -0.39 is 5.82 Å². The van der Waals surface area contributed by atoms with Crippen molar-refractivity contribution >= 4 is 27.5 Å². The van der Waals surface area contributed by atoms with E-state index in [9.17, 15) is 9.50 Å². The average molecular weight is 383 g/mol. The normalized spacial score (nSPS) is 10.9. The van der Waals surface area contributed by atoms with Gasteiger partial charge in [-0.05, 0) is 30.3 Å². The first kappa shape index (κ1) is 15.2. The summed E-state index contributed by atoms with van der Waals surface area (Å²) in [5.41, 5.74) is 2.21. The second-order valence-corrected chi connectivity index (χ2v) is 5.95. The molecule has 0 aliphatic carbocycles. The molecule has 1 heterocycles. The maximum atomic E-state index is 13.2. The third-order valence-electron chi connectivity index (χ3n) is 3.24. The SMILES string of the molecule is OCc1c(-c2ccc(F)cc2Cl)noc1-c1ccc(Br)cc1. The number of hydrogen-bond donors (Lipinski definition) is 1. The van der Waals surface area contributed by atoms with Crippen LogP contribution in [0.2, 0.25) is 5.02 Å². The van der Waals surface area contributed by atoms with Gasteiger partial charge in [-0.15, -0.1) is 0 Å². The monoisotopic (exact) mass is 381 g/mol. The first-order chi connectivity index (χ1) is 10.6. The molecule has 1 N–H and O–H groups in total. The Morgan fingerprint density at radius 3 is 2.55 bits per heavy atom. The lowest BCUT2D eigenvalue weighted by molar-refractivity contribution is 0.281. The lowest BCUT2D eigenvalue weighted by atomic mass is 10.0. The second-order valence-electron chi connectivity index (χ2n) is 4.63. The zero-order valence-electron chi connectivity index (χ0n) is 11.2. The molecule has 112 valence electrons. The van der Waals surface area contributed by atoms with Crippen LogP contribution in [0.1, 0.15) is 5.56 Å². The summed E-state index contributed by atoms with van der Waals surface area (Å²) in [5.74, 6) is 0.0290. The van der Waals surface area contributed by atoms with E-state index in [4.69, 9.17) is 16.1 Å². The van der Waals surface area contributed by atoms with Crippen LogP contribution in [0.5, 0.6) is 0 Å². The van der Waals surface area contributed by atoms with Gasteiger partial charge >= 0.3 is 0 Å². The molecule has 6 heteroatoms. The number of halogens is 3. The number of benzene rings is 2. The number of hydrogen-bond acceptors (Lipinski definition) is 3. The first-order valence-corrected chi connectivity index (χ1v) is 7.58. The molecule has 1 aromatic heterocycles. The van der Waals surface area contributed by atoms with Gasteiger partial charge in [-0.1, -0.05) is 44.8 Å². The van der Waals surface area contributed by atoms with Crippen molar-refractivity contribution in [3.8, 4) is 22.6 Å². The molecule has 0 bridgehead atoms. The van der Waals surface area contributed by atoms with Gasteiger partial charge in [-0.25, -0.2) is 4.39 Å². The molecule has 22 heavy (non-hydrogen) atoms. The van der Waals surface area contributed by atoms with Crippen molar-refractivity contribution in [3.05, 3.63) is 63.3 Å². The minimum Gasteiger partial charge on any atom is -0.391 e. The van der Waals surface area contributed by atoms with Crippen molar-refractivity contribution in [1.82, 2.24) is 5.16 Å². The number of aromatic nitrogens is 1. The van der Waals surface area contributed by atoms with Crippen LogP contribution in [0.25, 0.3) is 22.6 Å². The predicted octanol–water partition coefficient (Wildman–Crippen LogP) is 5.06. The zero-order chi connectivity index (χ0) is 15.7. The molecule has 0 aliphatic rings. The van der Waals surface area contributed by atoms with E-state index in [1.165, 1.54) is 18.2 Å². The minimum atomic E-state index is -0.434. The highest BCUT2D eigenvalue weighted by molar-refractivity contribution is 9.10. The van der Waals surface area contributed by atoms with Crippen molar-refractivity contribution in [2.24, 2.45) is 0 Å². The van der Waals surface area contributed by atoms with Crippen LogP contribution in [0.3, 0.4) is 0 Å². The van der Waals surface area contributed by atoms with Crippen LogP contribution < -0.4 is 0 Å². The van der Waals surface area contributed by atoms with E-state index in [2.05, 4.69) is 21.1 Å². The van der Waals surface area contributed by atoms with E-state index in [1.54, 1.807) is 0 Å². The summed E-state index contributed by atoms with van der Waals surface area (Å²) in [6.07, 6.45) is 0. The molecule has 3 aromatic rings. The van der Waals surface area contributed by atoms with Crippen molar-refractivity contribution < 1.29 is 14.0 Å². The summed E-state index contributed by atoms with van der Waals surface area (Å²) >= 11 is 9.42. The van der Waals surface area contributed by atoms with Gasteiger partial charge in [0.15, 0.2) is 5.76 Å². The molecule has 3 nitrogen and oxygen atoms in total. The van der Waals surface area contributed by atoms with Crippen LogP contribution in [0, 0.1) is 5.82 Å². The second kappa shape index (κ2) is 6.20. The summed E-state index contributed by atoms with van der Waals surface area (Å²) in [6.45, 7) is -0.266. The van der Waals surface area contributed by atoms with Crippen LogP contribution in [-0.4, -0.2) is 10.3 Å². The molecule has 0 fully saturated rings. The van der Waals surface area contributed by atoms with Crippen LogP contribution in [0.15, 0.2) is 51.5 Å². The highest BCUT2D eigenvalue weighted by Gasteiger charge is 2.20. The third-order valence-corrected chi connectivity index (χ3v) is 4.08. The van der Waals surface area contributed by atoms with Gasteiger partial charge in [-0.3, -0.25) is 0 Å². The van der Waals surface area contributed by atoms with Gasteiger partial charge in [0.25, 0.3) is 0 Å². The molecule has 0 unspecified atom stereocenters. The van der Waals surface area contributed by atoms with Gasteiger partial charge in [0, 0.05) is 15.6 Å². The largest absolute Gasteiger partial charge is 0.391 e. The van der Waals surface area contributed by atoms with Crippen molar-refractivity contribution in [2.45, 2.75) is 6.61 Å². The van der Waals surface area contributed by atoms with E-state index in [0.29, 0.717) is 22.6 Å². The number of aliphatic hydroxyl groups excluding tert-OH is 1. The third kappa shape index (κ3) is 2.79. The Hall–Kier alpha value is -1.69. The molecule has 0 saturated heterocycles. The number of nitrogens with zero attached hydrogens (tertiary/aromatic N) is 1. The fraction of sp³-hybridized carbons (Fsp3) is 0.0625. The smallest absolute Gasteiger partial charge is 0.173 e. The molecule has 0 amide bonds. The fourth-order valence-electron chi connectivity index (χ4n) is 2.18. The molecule has 0 aliphatic heterocycles. The molecule has 0 saturated carbocycles. The Labute approximate surface area is 139 Å². The molecule has 0 spiro atoms. The van der Waals surface area contributed by atoms with Crippen LogP contribution in [-0.2, 0) is 6.61 Å². The molecule has 2 aromatic carbocycles. The summed E-state index contributed by atoms with van der Waals surface area (Å²) in [7, 11) is 0. The minimum absolute atomic E-state index is 0.213. The highest BCUT2D eigenvalue weighted by Crippen LogP contribution is 2.36. The van der Waals surface area contributed by atoms with E-state index in [-0.39, 0.29) is 11.6 Å². The van der Waals surface area contributed by atoms with Crippen molar-refractivity contribution in [1.29, 1.82) is 0 Å². The molecule has 3 rings (SSSR count). The summed E-state index contributed by atoms with van der Waals surface area (Å²) < 4.78 is 19.5. The van der Waals surface area contributed by atoms with Gasteiger partial charge in [0.1, 0.15) is 11.5 Å². The average Bonchev–Trinajstić information content (AvgIpc) is 2.91. The molecule has 0 atom stereocenters. The molecule has 0 radical (unpaired) electrons. The standard InChI is InChI=1S/C16H10BrClFNO2/c17-10-3-1-9(2-4-10)16-13(8-21)15(20-22-16)12-6-5-11(19)7-14(12)18/h1-7,21H,8H2. The quantitative estimate of drug-likeness (QED) is 0.689. The summed E-state index contributed by atoms with van der Waals surface area (Å²) in [6, 6.07) is 11.4. The molecular formula is C16H10BrClFNO2. The van der Waals surface area contributed by atoms with Crippen LogP contribution >= 0.6 is 27.5 Å². The Morgan fingerprint density at radius 1 is 1.18 bits per heavy atom. The van der Waals surface area contributed by atoms with E-state index in [0.717, 1.165) is 10.0 Å². The number of rotatable bonds is 3. The van der Waals surface area contributed by atoms with E-state index >= 15 is 0 Å². The Bertz CT molecular complexity index is 818. The topological polar surface area (TPSA) is 46.3 Å². The fourth-order valence-corrected chi connectivity index (χ4v) is 2.70. The van der Waals surface area contributed by atoms with Crippen LogP contribution in [0.4, 0.5) is 4.39 Å². The highest BCUT2D eigenvalue weighted by atomic mass is 79.9. The Kier molecular flexibility index (Phi) is 4.29. The van der Waals surface area contributed by atoms with Crippen molar-refractivity contribution in [3.63, 3.8) is 0 Å².